The molecule has 0 N–H and O–H groups in total. The first-order chi connectivity index (χ1) is 7.65. The van der Waals surface area contributed by atoms with Crippen LogP contribution in [0.4, 0.5) is 0 Å². The summed E-state index contributed by atoms with van der Waals surface area (Å²) in [6.07, 6.45) is 3.47. The van der Waals surface area contributed by atoms with Crippen LogP contribution in [-0.4, -0.2) is 39.2 Å². The summed E-state index contributed by atoms with van der Waals surface area (Å²) in [7, 11) is 0. The van der Waals surface area contributed by atoms with Crippen LogP contribution in [0.15, 0.2) is 6.20 Å². The van der Waals surface area contributed by atoms with E-state index in [9.17, 15) is 4.79 Å². The van der Waals surface area contributed by atoms with Crippen molar-refractivity contribution >= 4 is 29.3 Å². The molecule has 16 heavy (non-hydrogen) atoms. The Morgan fingerprint density at radius 1 is 1.75 bits per heavy atom. The molecule has 90 valence electrons. The van der Waals surface area contributed by atoms with E-state index in [-0.39, 0.29) is 18.0 Å². The highest BCUT2D eigenvalue weighted by Gasteiger charge is 2.12. The highest BCUT2D eigenvalue weighted by Crippen LogP contribution is 2.06. The average molecular weight is 264 g/mol. The maximum Gasteiger partial charge on any atom is 0.303 e. The van der Waals surface area contributed by atoms with Gasteiger partial charge in [0.25, 0.3) is 0 Å². The van der Waals surface area contributed by atoms with Crippen LogP contribution in [0.25, 0.3) is 0 Å². The Kier molecular flexibility index (Phi) is 5.62. The number of ether oxygens (including phenoxy) is 1. The van der Waals surface area contributed by atoms with Gasteiger partial charge in [0.05, 0.1) is 18.1 Å². The molecule has 0 aliphatic carbocycles. The van der Waals surface area contributed by atoms with Crippen LogP contribution >= 0.6 is 23.4 Å². The molecule has 0 spiro atoms. The Balaban J connectivity index is 2.52. The number of aromatic nitrogens is 3. The van der Waals surface area contributed by atoms with Crippen molar-refractivity contribution in [1.29, 1.82) is 0 Å². The second-order valence-corrected chi connectivity index (χ2v) is 4.43. The summed E-state index contributed by atoms with van der Waals surface area (Å²) in [6, 6.07) is 0. The van der Waals surface area contributed by atoms with Crippen molar-refractivity contribution in [3.63, 3.8) is 0 Å². The first kappa shape index (κ1) is 13.3. The number of alkyl halides is 1. The molecular weight excluding hydrogens is 250 g/mol. The molecule has 0 saturated heterocycles. The summed E-state index contributed by atoms with van der Waals surface area (Å²) in [4.78, 5) is 10.8. The van der Waals surface area contributed by atoms with Crippen molar-refractivity contribution in [2.75, 3.05) is 12.1 Å². The fourth-order valence-electron chi connectivity index (χ4n) is 1.20. The van der Waals surface area contributed by atoms with Crippen molar-refractivity contribution in [3.05, 3.63) is 11.9 Å². The zero-order valence-electron chi connectivity index (χ0n) is 9.22. The molecule has 0 fully saturated rings. The van der Waals surface area contributed by atoms with E-state index in [1.165, 1.54) is 6.92 Å². The summed E-state index contributed by atoms with van der Waals surface area (Å²) in [5.41, 5.74) is 0.906. The first-order valence-corrected chi connectivity index (χ1v) is 6.69. The van der Waals surface area contributed by atoms with Gasteiger partial charge in [0.15, 0.2) is 0 Å². The van der Waals surface area contributed by atoms with Gasteiger partial charge in [-0.3, -0.25) is 4.79 Å². The number of esters is 1. The maximum atomic E-state index is 10.8. The van der Waals surface area contributed by atoms with Crippen LogP contribution in [0.3, 0.4) is 0 Å². The summed E-state index contributed by atoms with van der Waals surface area (Å²) in [5, 5.41) is 7.91. The fraction of sp³-hybridized carbons (Fsp3) is 0.667. The number of hydrogen-bond donors (Lipinski definition) is 0. The van der Waals surface area contributed by atoms with Crippen LogP contribution in [0, 0.1) is 0 Å². The molecule has 1 rings (SSSR count). The van der Waals surface area contributed by atoms with Gasteiger partial charge in [-0.05, 0) is 6.26 Å². The smallest absolute Gasteiger partial charge is 0.303 e. The van der Waals surface area contributed by atoms with Gasteiger partial charge < -0.3 is 4.74 Å². The Morgan fingerprint density at radius 2 is 2.50 bits per heavy atom. The Bertz CT molecular complexity index is 345. The third kappa shape index (κ3) is 4.40. The number of hydrogen-bond acceptors (Lipinski definition) is 5. The molecule has 0 bridgehead atoms. The molecule has 0 aromatic carbocycles. The molecule has 0 saturated carbocycles. The van der Waals surface area contributed by atoms with E-state index < -0.39 is 0 Å². The van der Waals surface area contributed by atoms with E-state index >= 15 is 0 Å². The molecule has 0 radical (unpaired) electrons. The molecule has 1 aromatic heterocycles. The van der Waals surface area contributed by atoms with Gasteiger partial charge in [0, 0.05) is 18.9 Å². The topological polar surface area (TPSA) is 57.0 Å². The minimum Gasteiger partial charge on any atom is -0.459 e. The van der Waals surface area contributed by atoms with Crippen molar-refractivity contribution in [2.45, 2.75) is 25.3 Å². The Labute approximate surface area is 103 Å². The average Bonchev–Trinajstić information content (AvgIpc) is 2.64. The van der Waals surface area contributed by atoms with Gasteiger partial charge in [-0.1, -0.05) is 5.21 Å². The molecule has 1 heterocycles. The minimum absolute atomic E-state index is 0.247. The Hall–Kier alpha value is -0.750. The van der Waals surface area contributed by atoms with Gasteiger partial charge in [0.2, 0.25) is 0 Å². The number of thioether (sulfide) groups is 1. The quantitative estimate of drug-likeness (QED) is 0.572. The van der Waals surface area contributed by atoms with Gasteiger partial charge in [0.1, 0.15) is 6.10 Å². The van der Waals surface area contributed by atoms with Gasteiger partial charge in [-0.25, -0.2) is 4.68 Å². The number of halogens is 1. The lowest BCUT2D eigenvalue weighted by atomic mass is 10.4. The zero-order valence-corrected chi connectivity index (χ0v) is 10.8. The van der Waals surface area contributed by atoms with Crippen LogP contribution in [-0.2, 0) is 21.8 Å². The summed E-state index contributed by atoms with van der Waals surface area (Å²) < 4.78 is 6.65. The number of rotatable bonds is 6. The molecule has 0 amide bonds. The number of carbonyl (C=O) groups is 1. The van der Waals surface area contributed by atoms with Crippen molar-refractivity contribution in [1.82, 2.24) is 15.0 Å². The lowest BCUT2D eigenvalue weighted by Crippen LogP contribution is -2.24. The standard InChI is InChI=1S/C9H14ClN3O2S/c1-7(14)15-9(3-10)5-13-4-8(6-16-2)11-12-13/h4,9H,3,5-6H2,1-2H3. The summed E-state index contributed by atoms with van der Waals surface area (Å²) in [5.74, 6) is 0.728. The first-order valence-electron chi connectivity index (χ1n) is 4.76. The molecule has 0 aliphatic heterocycles. The normalized spacial score (nSPS) is 12.4. The third-order valence-corrected chi connectivity index (χ3v) is 2.70. The van der Waals surface area contributed by atoms with Gasteiger partial charge in [-0.2, -0.15) is 11.8 Å². The van der Waals surface area contributed by atoms with Gasteiger partial charge in [-0.15, -0.1) is 16.7 Å². The predicted octanol–water partition coefficient (Wildman–Crippen LogP) is 1.31. The van der Waals surface area contributed by atoms with E-state index in [0.29, 0.717) is 6.54 Å². The van der Waals surface area contributed by atoms with E-state index in [2.05, 4.69) is 10.3 Å². The van der Waals surface area contributed by atoms with Crippen molar-refractivity contribution in [3.8, 4) is 0 Å². The second kappa shape index (κ2) is 6.75. The molecule has 0 aliphatic rings. The van der Waals surface area contributed by atoms with Crippen LogP contribution in [0.5, 0.6) is 0 Å². The zero-order chi connectivity index (χ0) is 12.0. The largest absolute Gasteiger partial charge is 0.459 e. The fourth-order valence-corrected chi connectivity index (χ4v) is 1.79. The lowest BCUT2D eigenvalue weighted by Gasteiger charge is -2.13. The summed E-state index contributed by atoms with van der Waals surface area (Å²) >= 11 is 7.36. The molecule has 1 atom stereocenters. The SMILES string of the molecule is CSCc1cn(CC(CCl)OC(C)=O)nn1. The van der Waals surface area contributed by atoms with E-state index in [0.717, 1.165) is 11.4 Å². The molecular formula is C9H14ClN3O2S. The van der Waals surface area contributed by atoms with E-state index in [1.807, 2.05) is 12.5 Å². The summed E-state index contributed by atoms with van der Waals surface area (Å²) in [6.45, 7) is 1.80. The van der Waals surface area contributed by atoms with Crippen LogP contribution < -0.4 is 0 Å². The minimum atomic E-state index is -0.358. The third-order valence-electron chi connectivity index (χ3n) is 1.77. The predicted molar refractivity (Wildman–Crippen MR) is 63.5 cm³/mol. The Morgan fingerprint density at radius 3 is 3.06 bits per heavy atom. The molecule has 1 unspecified atom stereocenters. The maximum absolute atomic E-state index is 10.8. The van der Waals surface area contributed by atoms with Crippen LogP contribution in [0.2, 0.25) is 0 Å². The lowest BCUT2D eigenvalue weighted by molar-refractivity contribution is -0.145. The van der Waals surface area contributed by atoms with E-state index in [4.69, 9.17) is 16.3 Å². The highest BCUT2D eigenvalue weighted by molar-refractivity contribution is 7.97. The van der Waals surface area contributed by atoms with Gasteiger partial charge >= 0.3 is 5.97 Å². The highest BCUT2D eigenvalue weighted by atomic mass is 35.5. The van der Waals surface area contributed by atoms with Crippen molar-refractivity contribution in [2.24, 2.45) is 0 Å². The van der Waals surface area contributed by atoms with Crippen molar-refractivity contribution < 1.29 is 9.53 Å². The molecule has 7 heteroatoms. The molecule has 1 aromatic rings. The van der Waals surface area contributed by atoms with E-state index in [1.54, 1.807) is 16.4 Å². The number of carbonyl (C=O) groups excluding carboxylic acids is 1. The van der Waals surface area contributed by atoms with Crippen LogP contribution in [0.1, 0.15) is 12.6 Å². The number of nitrogens with zero attached hydrogens (tertiary/aromatic N) is 3. The second-order valence-electron chi connectivity index (χ2n) is 3.25. The monoisotopic (exact) mass is 263 g/mol. The molecule has 5 nitrogen and oxygen atoms in total.